The van der Waals surface area contributed by atoms with Gasteiger partial charge in [0.05, 0.1) is 6.42 Å². The van der Waals surface area contributed by atoms with Gasteiger partial charge in [0.15, 0.2) is 6.61 Å². The number of nitrogens with two attached hydrogens (primary N) is 1. The first-order chi connectivity index (χ1) is 11.0. The third-order valence-electron chi connectivity index (χ3n) is 3.90. The van der Waals surface area contributed by atoms with Crippen molar-refractivity contribution in [2.24, 2.45) is 11.7 Å². The molecule has 0 spiro atoms. The van der Waals surface area contributed by atoms with E-state index < -0.39 is 5.97 Å². The molecule has 1 aromatic carbocycles. The van der Waals surface area contributed by atoms with Gasteiger partial charge >= 0.3 is 5.97 Å². The summed E-state index contributed by atoms with van der Waals surface area (Å²) in [6, 6.07) is 6.98. The molecule has 2 rings (SSSR count). The molecule has 0 atom stereocenters. The van der Waals surface area contributed by atoms with Crippen LogP contribution in [0.5, 0.6) is 0 Å². The van der Waals surface area contributed by atoms with Crippen LogP contribution in [0.15, 0.2) is 24.3 Å². The number of esters is 1. The Hall–Kier alpha value is -2.08. The lowest BCUT2D eigenvalue weighted by Gasteiger charge is -2.30. The van der Waals surface area contributed by atoms with Gasteiger partial charge in [-0.1, -0.05) is 29.8 Å². The van der Waals surface area contributed by atoms with Gasteiger partial charge < -0.3 is 15.4 Å². The summed E-state index contributed by atoms with van der Waals surface area (Å²) in [6.07, 6.45) is 1.12. The zero-order valence-electron chi connectivity index (χ0n) is 12.7. The maximum absolute atomic E-state index is 12.0. The van der Waals surface area contributed by atoms with Gasteiger partial charge in [-0.25, -0.2) is 0 Å². The van der Waals surface area contributed by atoms with Gasteiger partial charge in [-0.15, -0.1) is 0 Å². The quantitative estimate of drug-likeness (QED) is 0.815. The Morgan fingerprint density at radius 1 is 1.22 bits per heavy atom. The molecule has 0 aliphatic carbocycles. The summed E-state index contributed by atoms with van der Waals surface area (Å²) in [5.41, 5.74) is 5.91. The van der Waals surface area contributed by atoms with E-state index in [2.05, 4.69) is 0 Å². The van der Waals surface area contributed by atoms with Crippen molar-refractivity contribution < 1.29 is 19.1 Å². The molecule has 1 aliphatic rings. The van der Waals surface area contributed by atoms with Gasteiger partial charge in [-0.3, -0.25) is 14.4 Å². The predicted molar refractivity (Wildman–Crippen MR) is 84.6 cm³/mol. The number of amides is 2. The molecule has 1 saturated heterocycles. The second-order valence-electron chi connectivity index (χ2n) is 5.49. The van der Waals surface area contributed by atoms with Gasteiger partial charge in [-0.2, -0.15) is 0 Å². The minimum absolute atomic E-state index is 0.0245. The number of carbonyl (C=O) groups excluding carboxylic acids is 3. The van der Waals surface area contributed by atoms with Crippen LogP contribution in [0.25, 0.3) is 0 Å². The second kappa shape index (κ2) is 7.97. The first-order valence-corrected chi connectivity index (χ1v) is 7.81. The molecule has 2 N–H and O–H groups in total. The standard InChI is InChI=1S/C16H19ClN2O4/c17-13-4-2-1-3-12(13)9-15(21)23-10-14(20)19-7-5-11(6-8-19)16(18)22/h1-4,11H,5-10H2,(H2,18,22). The van der Waals surface area contributed by atoms with Crippen LogP contribution in [0.1, 0.15) is 18.4 Å². The highest BCUT2D eigenvalue weighted by Gasteiger charge is 2.26. The summed E-state index contributed by atoms with van der Waals surface area (Å²) in [4.78, 5) is 36.5. The highest BCUT2D eigenvalue weighted by atomic mass is 35.5. The van der Waals surface area contributed by atoms with E-state index in [1.54, 1.807) is 29.2 Å². The maximum Gasteiger partial charge on any atom is 0.310 e. The van der Waals surface area contributed by atoms with Gasteiger partial charge in [-0.05, 0) is 24.5 Å². The first kappa shape index (κ1) is 17.3. The van der Waals surface area contributed by atoms with Crippen molar-refractivity contribution in [1.29, 1.82) is 0 Å². The van der Waals surface area contributed by atoms with Gasteiger partial charge in [0, 0.05) is 24.0 Å². The fourth-order valence-electron chi connectivity index (χ4n) is 2.50. The summed E-state index contributed by atoms with van der Waals surface area (Å²) in [6.45, 7) is 0.605. The minimum atomic E-state index is -0.501. The summed E-state index contributed by atoms with van der Waals surface area (Å²) in [5.74, 6) is -1.27. The van der Waals surface area contributed by atoms with Crippen LogP contribution >= 0.6 is 11.6 Å². The average Bonchev–Trinajstić information content (AvgIpc) is 2.55. The number of primary amides is 1. The smallest absolute Gasteiger partial charge is 0.310 e. The SMILES string of the molecule is NC(=O)C1CCN(C(=O)COC(=O)Cc2ccccc2Cl)CC1. The Bertz CT molecular complexity index is 597. The van der Waals surface area contributed by atoms with E-state index in [0.29, 0.717) is 36.5 Å². The van der Waals surface area contributed by atoms with Crippen molar-refractivity contribution in [3.8, 4) is 0 Å². The summed E-state index contributed by atoms with van der Waals surface area (Å²) in [5, 5.41) is 0.490. The summed E-state index contributed by atoms with van der Waals surface area (Å²) >= 11 is 5.97. The Labute approximate surface area is 139 Å². The van der Waals surface area contributed by atoms with Crippen LogP contribution < -0.4 is 5.73 Å². The number of hydrogen-bond donors (Lipinski definition) is 1. The Morgan fingerprint density at radius 2 is 1.87 bits per heavy atom. The van der Waals surface area contributed by atoms with Crippen LogP contribution in [-0.2, 0) is 25.5 Å². The van der Waals surface area contributed by atoms with Gasteiger partial charge in [0.25, 0.3) is 5.91 Å². The van der Waals surface area contributed by atoms with Crippen molar-refractivity contribution in [1.82, 2.24) is 4.90 Å². The molecular weight excluding hydrogens is 320 g/mol. The third kappa shape index (κ3) is 4.96. The zero-order valence-corrected chi connectivity index (χ0v) is 13.4. The van der Waals surface area contributed by atoms with E-state index in [-0.39, 0.29) is 30.8 Å². The minimum Gasteiger partial charge on any atom is -0.455 e. The van der Waals surface area contributed by atoms with Gasteiger partial charge in [0.2, 0.25) is 5.91 Å². The van der Waals surface area contributed by atoms with Crippen LogP contribution in [0, 0.1) is 5.92 Å². The number of nitrogens with zero attached hydrogens (tertiary/aromatic N) is 1. The molecule has 0 unspecified atom stereocenters. The molecule has 1 heterocycles. The van der Waals surface area contributed by atoms with Gasteiger partial charge in [0.1, 0.15) is 0 Å². The molecule has 0 radical (unpaired) electrons. The lowest BCUT2D eigenvalue weighted by Crippen LogP contribution is -2.43. The van der Waals surface area contributed by atoms with Crippen molar-refractivity contribution in [2.45, 2.75) is 19.3 Å². The number of ether oxygens (including phenoxy) is 1. The van der Waals surface area contributed by atoms with Crippen LogP contribution in [0.4, 0.5) is 0 Å². The molecule has 1 fully saturated rings. The molecule has 23 heavy (non-hydrogen) atoms. The molecule has 0 bridgehead atoms. The second-order valence-corrected chi connectivity index (χ2v) is 5.89. The molecule has 1 aliphatic heterocycles. The number of piperidine rings is 1. The molecule has 7 heteroatoms. The normalized spacial score (nSPS) is 15.3. The Kier molecular flexibility index (Phi) is 5.98. The predicted octanol–water partition coefficient (Wildman–Crippen LogP) is 1.15. The third-order valence-corrected chi connectivity index (χ3v) is 4.27. The molecular formula is C16H19ClN2O4. The van der Waals surface area contributed by atoms with Crippen molar-refractivity contribution in [2.75, 3.05) is 19.7 Å². The van der Waals surface area contributed by atoms with E-state index >= 15 is 0 Å². The maximum atomic E-state index is 12.0. The number of halogens is 1. The summed E-state index contributed by atoms with van der Waals surface area (Å²) in [7, 11) is 0. The fraction of sp³-hybridized carbons (Fsp3) is 0.438. The summed E-state index contributed by atoms with van der Waals surface area (Å²) < 4.78 is 5.01. The highest BCUT2D eigenvalue weighted by molar-refractivity contribution is 6.31. The zero-order chi connectivity index (χ0) is 16.8. The monoisotopic (exact) mass is 338 g/mol. The molecule has 6 nitrogen and oxygen atoms in total. The molecule has 2 amide bonds. The van der Waals surface area contributed by atoms with E-state index in [1.807, 2.05) is 0 Å². The number of hydrogen-bond acceptors (Lipinski definition) is 4. The highest BCUT2D eigenvalue weighted by Crippen LogP contribution is 2.17. The van der Waals surface area contributed by atoms with Crippen molar-refractivity contribution in [3.63, 3.8) is 0 Å². The van der Waals surface area contributed by atoms with E-state index in [1.165, 1.54) is 0 Å². The average molecular weight is 339 g/mol. The number of likely N-dealkylation sites (tertiary alicyclic amines) is 1. The lowest BCUT2D eigenvalue weighted by molar-refractivity contribution is -0.152. The molecule has 1 aromatic rings. The largest absolute Gasteiger partial charge is 0.455 e. The molecule has 0 aromatic heterocycles. The van der Waals surface area contributed by atoms with E-state index in [9.17, 15) is 14.4 Å². The Morgan fingerprint density at radius 3 is 2.48 bits per heavy atom. The van der Waals surface area contributed by atoms with Crippen LogP contribution in [0.3, 0.4) is 0 Å². The first-order valence-electron chi connectivity index (χ1n) is 7.43. The van der Waals surface area contributed by atoms with Crippen LogP contribution in [-0.4, -0.2) is 42.4 Å². The number of benzene rings is 1. The lowest BCUT2D eigenvalue weighted by atomic mass is 9.96. The molecule has 0 saturated carbocycles. The topological polar surface area (TPSA) is 89.7 Å². The molecule has 124 valence electrons. The fourth-order valence-corrected chi connectivity index (χ4v) is 2.70. The number of rotatable bonds is 5. The van der Waals surface area contributed by atoms with Crippen molar-refractivity contribution >= 4 is 29.4 Å². The van der Waals surface area contributed by atoms with E-state index in [4.69, 9.17) is 22.1 Å². The van der Waals surface area contributed by atoms with E-state index in [0.717, 1.165) is 0 Å². The van der Waals surface area contributed by atoms with Crippen molar-refractivity contribution in [3.05, 3.63) is 34.9 Å². The number of carbonyl (C=O) groups is 3. The Balaban J connectivity index is 1.75. The van der Waals surface area contributed by atoms with Crippen LogP contribution in [0.2, 0.25) is 5.02 Å².